The molecule has 6 nitrogen and oxygen atoms in total. The summed E-state index contributed by atoms with van der Waals surface area (Å²) in [5.41, 5.74) is 3.92. The number of nitrogens with zero attached hydrogens (tertiary/aromatic N) is 1. The molecule has 0 bridgehead atoms. The first-order chi connectivity index (χ1) is 18.5. The van der Waals surface area contributed by atoms with Gasteiger partial charge in [-0.2, -0.15) is 0 Å². The van der Waals surface area contributed by atoms with E-state index in [4.69, 9.17) is 4.74 Å². The number of carbonyl (C=O) groups is 1. The molecule has 0 unspecified atom stereocenters. The first kappa shape index (κ1) is 24.9. The van der Waals surface area contributed by atoms with E-state index >= 15 is 0 Å². The topological polar surface area (TPSA) is 85.4 Å². The van der Waals surface area contributed by atoms with Gasteiger partial charge in [-0.05, 0) is 59.7 Å². The van der Waals surface area contributed by atoms with Gasteiger partial charge in [0.25, 0.3) is 15.9 Å². The molecule has 5 rings (SSSR count). The third-order valence-corrected chi connectivity index (χ3v) is 7.19. The highest BCUT2D eigenvalue weighted by atomic mass is 32.2. The number of hydrogen-bond acceptors (Lipinski definition) is 5. The minimum absolute atomic E-state index is 0.0367. The fourth-order valence-electron chi connectivity index (χ4n) is 3.80. The van der Waals surface area contributed by atoms with Crippen LogP contribution >= 0.6 is 0 Å². The second kappa shape index (κ2) is 11.1. The summed E-state index contributed by atoms with van der Waals surface area (Å²) in [4.78, 5) is 17.1. The van der Waals surface area contributed by atoms with Crippen molar-refractivity contribution in [3.63, 3.8) is 0 Å². The molecule has 0 saturated carbocycles. The summed E-state index contributed by atoms with van der Waals surface area (Å²) in [5, 5.41) is 1.10. The number of ether oxygens (including phenoxy) is 1. The normalized spacial score (nSPS) is 11.5. The number of fused-ring (bicyclic) bond motifs is 1. The van der Waals surface area contributed by atoms with Crippen LogP contribution in [-0.4, -0.2) is 19.3 Å². The Labute approximate surface area is 221 Å². The van der Waals surface area contributed by atoms with Crippen LogP contribution in [0.1, 0.15) is 27.2 Å². The lowest BCUT2D eigenvalue weighted by atomic mass is 10.1. The Balaban J connectivity index is 1.16. The molecule has 0 spiro atoms. The lowest BCUT2D eigenvalue weighted by Gasteiger charge is -2.07. The molecule has 0 fully saturated rings. The fourth-order valence-corrected chi connectivity index (χ4v) is 4.79. The summed E-state index contributed by atoms with van der Waals surface area (Å²) in [6.45, 7) is 0.382. The highest BCUT2D eigenvalue weighted by molar-refractivity contribution is 7.90. The largest absolute Gasteiger partial charge is 0.487 e. The first-order valence-electron chi connectivity index (χ1n) is 11.9. The van der Waals surface area contributed by atoms with Gasteiger partial charge in [0.1, 0.15) is 12.4 Å². The third kappa shape index (κ3) is 6.14. The summed E-state index contributed by atoms with van der Waals surface area (Å²) in [6.07, 6.45) is 3.86. The number of hydrogen-bond donors (Lipinski definition) is 1. The number of pyridine rings is 1. The highest BCUT2D eigenvalue weighted by Crippen LogP contribution is 2.18. The van der Waals surface area contributed by atoms with Gasteiger partial charge in [0, 0.05) is 10.9 Å². The van der Waals surface area contributed by atoms with E-state index in [1.807, 2.05) is 72.8 Å². The molecule has 188 valence electrons. The number of nitrogens with one attached hydrogen (secondary N) is 1. The monoisotopic (exact) mass is 520 g/mol. The number of benzene rings is 4. The average molecular weight is 521 g/mol. The molecule has 5 aromatic rings. The van der Waals surface area contributed by atoms with Crippen molar-refractivity contribution in [3.05, 3.63) is 138 Å². The summed E-state index contributed by atoms with van der Waals surface area (Å²) in [6, 6.07) is 34.2. The van der Waals surface area contributed by atoms with E-state index in [1.165, 1.54) is 12.1 Å². The molecule has 0 aliphatic carbocycles. The molecule has 7 heteroatoms. The van der Waals surface area contributed by atoms with Crippen LogP contribution in [0.15, 0.2) is 120 Å². The summed E-state index contributed by atoms with van der Waals surface area (Å²) >= 11 is 0. The molecule has 0 aliphatic heterocycles. The van der Waals surface area contributed by atoms with E-state index in [1.54, 1.807) is 42.5 Å². The van der Waals surface area contributed by atoms with Crippen molar-refractivity contribution in [3.8, 4) is 5.75 Å². The predicted octanol–water partition coefficient (Wildman–Crippen LogP) is 6.10. The molecule has 1 amide bonds. The Hall–Kier alpha value is -4.75. The predicted molar refractivity (Wildman–Crippen MR) is 149 cm³/mol. The maximum atomic E-state index is 12.4. The van der Waals surface area contributed by atoms with E-state index in [-0.39, 0.29) is 10.5 Å². The van der Waals surface area contributed by atoms with Gasteiger partial charge in [0.15, 0.2) is 0 Å². The molecular weight excluding hydrogens is 496 g/mol. The Bertz CT molecular complexity index is 1700. The summed E-state index contributed by atoms with van der Waals surface area (Å²) in [7, 11) is -3.92. The molecule has 0 aliphatic rings. The van der Waals surface area contributed by atoms with E-state index in [0.29, 0.717) is 6.61 Å². The molecule has 0 atom stereocenters. The first-order valence-corrected chi connectivity index (χ1v) is 13.4. The zero-order valence-electron chi connectivity index (χ0n) is 20.3. The van der Waals surface area contributed by atoms with Crippen LogP contribution in [0.5, 0.6) is 5.75 Å². The van der Waals surface area contributed by atoms with Crippen molar-refractivity contribution < 1.29 is 17.9 Å². The maximum Gasteiger partial charge on any atom is 0.264 e. The molecule has 1 heterocycles. The molecular formula is C31H24N2O4S. The molecule has 0 radical (unpaired) electrons. The van der Waals surface area contributed by atoms with Gasteiger partial charge in [-0.25, -0.2) is 18.1 Å². The molecule has 1 aromatic heterocycles. The van der Waals surface area contributed by atoms with E-state index in [9.17, 15) is 13.2 Å². The average Bonchev–Trinajstić information content (AvgIpc) is 2.96. The van der Waals surface area contributed by atoms with Crippen molar-refractivity contribution in [2.45, 2.75) is 11.5 Å². The van der Waals surface area contributed by atoms with Crippen molar-refractivity contribution in [2.75, 3.05) is 0 Å². The molecule has 4 aromatic carbocycles. The smallest absolute Gasteiger partial charge is 0.264 e. The SMILES string of the molecule is O=C(NS(=O)(=O)c1ccccc1)c1ccc(C=Cc2ccc(OCc3ccc4ccccc4n3)cc2)cc1. The van der Waals surface area contributed by atoms with Crippen LogP contribution in [0.3, 0.4) is 0 Å². The third-order valence-electron chi connectivity index (χ3n) is 5.84. The van der Waals surface area contributed by atoms with E-state index in [0.717, 1.165) is 33.5 Å². The Morgan fingerprint density at radius 3 is 2.08 bits per heavy atom. The van der Waals surface area contributed by atoms with Crippen molar-refractivity contribution >= 4 is 39.0 Å². The van der Waals surface area contributed by atoms with Gasteiger partial charge in [-0.1, -0.05) is 78.9 Å². The van der Waals surface area contributed by atoms with E-state index < -0.39 is 15.9 Å². The fraction of sp³-hybridized carbons (Fsp3) is 0.0323. The molecule has 0 saturated heterocycles. The van der Waals surface area contributed by atoms with Gasteiger partial charge >= 0.3 is 0 Å². The second-order valence-electron chi connectivity index (χ2n) is 8.56. The van der Waals surface area contributed by atoms with Crippen LogP contribution < -0.4 is 9.46 Å². The van der Waals surface area contributed by atoms with Gasteiger partial charge in [-0.3, -0.25) is 4.79 Å². The minimum Gasteiger partial charge on any atom is -0.487 e. The number of rotatable bonds is 8. The molecule has 38 heavy (non-hydrogen) atoms. The van der Waals surface area contributed by atoms with Gasteiger partial charge < -0.3 is 4.74 Å². The standard InChI is InChI=1S/C31H24N2O4S/c34-31(33-38(35,36)29-7-2-1-3-8-29)26-16-12-23(13-17-26)10-11-24-14-20-28(21-15-24)37-22-27-19-18-25-6-4-5-9-30(25)32-27/h1-21H,22H2,(H,33,34). The summed E-state index contributed by atoms with van der Waals surface area (Å²) < 4.78 is 32.7. The quantitative estimate of drug-likeness (QED) is 0.250. The van der Waals surface area contributed by atoms with Crippen molar-refractivity contribution in [2.24, 2.45) is 0 Å². The van der Waals surface area contributed by atoms with Crippen LogP contribution in [-0.2, 0) is 16.6 Å². The zero-order valence-corrected chi connectivity index (χ0v) is 21.1. The number of carbonyl (C=O) groups excluding carboxylic acids is 1. The van der Waals surface area contributed by atoms with Crippen LogP contribution in [0.2, 0.25) is 0 Å². The van der Waals surface area contributed by atoms with Crippen molar-refractivity contribution in [1.82, 2.24) is 9.71 Å². The number of aromatic nitrogens is 1. The number of sulfonamides is 1. The van der Waals surface area contributed by atoms with Gasteiger partial charge in [-0.15, -0.1) is 0 Å². The van der Waals surface area contributed by atoms with Crippen molar-refractivity contribution in [1.29, 1.82) is 0 Å². The Kier molecular flexibility index (Phi) is 7.28. The van der Waals surface area contributed by atoms with Gasteiger partial charge in [0.2, 0.25) is 0 Å². The van der Waals surface area contributed by atoms with Crippen LogP contribution in [0, 0.1) is 0 Å². The molecule has 1 N–H and O–H groups in total. The Morgan fingerprint density at radius 1 is 0.737 bits per heavy atom. The van der Waals surface area contributed by atoms with Crippen LogP contribution in [0.25, 0.3) is 23.1 Å². The highest BCUT2D eigenvalue weighted by Gasteiger charge is 2.18. The Morgan fingerprint density at radius 2 is 1.37 bits per heavy atom. The number of amides is 1. The second-order valence-corrected chi connectivity index (χ2v) is 10.2. The summed E-state index contributed by atoms with van der Waals surface area (Å²) in [5.74, 6) is 0.0665. The maximum absolute atomic E-state index is 12.4. The lowest BCUT2D eigenvalue weighted by Crippen LogP contribution is -2.30. The van der Waals surface area contributed by atoms with Crippen LogP contribution in [0.4, 0.5) is 0 Å². The van der Waals surface area contributed by atoms with Gasteiger partial charge in [0.05, 0.1) is 16.1 Å². The van der Waals surface area contributed by atoms with E-state index in [2.05, 4.69) is 9.71 Å². The zero-order chi connectivity index (χ0) is 26.4. The minimum atomic E-state index is -3.92. The lowest BCUT2D eigenvalue weighted by molar-refractivity contribution is 0.0981. The number of para-hydroxylation sites is 1.